The Bertz CT molecular complexity index is 1020. The summed E-state index contributed by atoms with van der Waals surface area (Å²) in [6.45, 7) is 5.47. The number of anilines is 1. The number of nitrogens with one attached hydrogen (secondary N) is 2. The maximum atomic E-state index is 12.7. The number of aliphatic hydroxyl groups is 1. The summed E-state index contributed by atoms with van der Waals surface area (Å²) in [7, 11) is 0. The summed E-state index contributed by atoms with van der Waals surface area (Å²) >= 11 is 0. The molecule has 2 atom stereocenters. The monoisotopic (exact) mass is 458 g/mol. The number of hydrogen-bond donors (Lipinski definition) is 4. The number of nitrogens with zero attached hydrogens (tertiary/aromatic N) is 2. The molecule has 2 aliphatic rings. The van der Waals surface area contributed by atoms with Crippen LogP contribution < -0.4 is 15.8 Å². The molecule has 0 unspecified atom stereocenters. The number of aromatic nitrogens is 2. The SMILES string of the molecule is Cc1ccc(N2CCC3(CC2)OCC[C@@](C)(NC(=O)c2cccc(=O)[nH]2)[C@@H]3O)nc1.O=CO. The van der Waals surface area contributed by atoms with Crippen molar-refractivity contribution < 1.29 is 24.5 Å². The van der Waals surface area contributed by atoms with Gasteiger partial charge in [-0.1, -0.05) is 12.1 Å². The Hall–Kier alpha value is -3.24. The lowest BCUT2D eigenvalue weighted by Gasteiger charge is -2.53. The number of carboxylic acid groups (broad SMARTS) is 1. The average molecular weight is 459 g/mol. The van der Waals surface area contributed by atoms with E-state index in [-0.39, 0.29) is 17.7 Å². The predicted molar refractivity (Wildman–Crippen MR) is 121 cm³/mol. The summed E-state index contributed by atoms with van der Waals surface area (Å²) in [5, 5.41) is 21.1. The number of rotatable bonds is 3. The first-order chi connectivity index (χ1) is 15.7. The Balaban J connectivity index is 0.000000968. The summed E-state index contributed by atoms with van der Waals surface area (Å²) in [5.41, 5.74) is -0.618. The van der Waals surface area contributed by atoms with Crippen molar-refractivity contribution in [3.63, 3.8) is 0 Å². The van der Waals surface area contributed by atoms with Gasteiger partial charge in [0.15, 0.2) is 0 Å². The summed E-state index contributed by atoms with van der Waals surface area (Å²) in [5.74, 6) is 0.512. The third kappa shape index (κ3) is 5.40. The number of amides is 1. The van der Waals surface area contributed by atoms with Crippen molar-refractivity contribution in [1.29, 1.82) is 0 Å². The van der Waals surface area contributed by atoms with Crippen LogP contribution in [-0.2, 0) is 9.53 Å². The second kappa shape index (κ2) is 10.1. The number of hydrogen-bond acceptors (Lipinski definition) is 7. The standard InChI is InChI=1S/C22H28N4O4.CH2O2/c1-15-6-7-17(23-14-15)26-11-8-22(9-12-26)20(29)21(2,10-13-30-22)25-19(28)16-4-3-5-18(27)24-16;2-1-3/h3-7,14,20,29H,8-13H2,1-2H3,(H,24,27)(H,25,28);1H,(H,2,3)/t20-,21+;/m0./s1. The Morgan fingerprint density at radius 3 is 2.58 bits per heavy atom. The number of aliphatic hydroxyl groups excluding tert-OH is 1. The van der Waals surface area contributed by atoms with Crippen molar-refractivity contribution in [2.24, 2.45) is 0 Å². The van der Waals surface area contributed by atoms with Crippen LogP contribution in [0, 0.1) is 6.92 Å². The maximum Gasteiger partial charge on any atom is 0.290 e. The highest BCUT2D eigenvalue weighted by molar-refractivity contribution is 5.92. The summed E-state index contributed by atoms with van der Waals surface area (Å²) < 4.78 is 6.12. The van der Waals surface area contributed by atoms with Crippen molar-refractivity contribution in [2.45, 2.75) is 50.4 Å². The number of aromatic amines is 1. The van der Waals surface area contributed by atoms with Crippen LogP contribution in [0.4, 0.5) is 5.82 Å². The van der Waals surface area contributed by atoms with Gasteiger partial charge in [0.25, 0.3) is 12.4 Å². The van der Waals surface area contributed by atoms with E-state index < -0.39 is 23.2 Å². The van der Waals surface area contributed by atoms with Crippen LogP contribution in [0.5, 0.6) is 0 Å². The van der Waals surface area contributed by atoms with Gasteiger partial charge in [0.2, 0.25) is 5.56 Å². The van der Waals surface area contributed by atoms with Gasteiger partial charge >= 0.3 is 0 Å². The van der Waals surface area contributed by atoms with Crippen molar-refractivity contribution in [3.8, 4) is 0 Å². The van der Waals surface area contributed by atoms with Crippen LogP contribution >= 0.6 is 0 Å². The van der Waals surface area contributed by atoms with Gasteiger partial charge in [-0.25, -0.2) is 4.98 Å². The second-order valence-electron chi connectivity index (χ2n) is 8.65. The number of aryl methyl sites for hydroxylation is 1. The van der Waals surface area contributed by atoms with Gasteiger partial charge < -0.3 is 30.2 Å². The first kappa shape index (κ1) is 24.4. The third-order valence-corrected chi connectivity index (χ3v) is 6.35. The number of pyridine rings is 2. The Morgan fingerprint density at radius 1 is 1.27 bits per heavy atom. The van der Waals surface area contributed by atoms with Gasteiger partial charge in [-0.2, -0.15) is 0 Å². The fourth-order valence-corrected chi connectivity index (χ4v) is 4.48. The number of piperidine rings is 1. The lowest BCUT2D eigenvalue weighted by atomic mass is 9.73. The van der Waals surface area contributed by atoms with Crippen molar-refractivity contribution in [2.75, 3.05) is 24.6 Å². The molecular weight excluding hydrogens is 428 g/mol. The molecule has 2 aliphatic heterocycles. The molecule has 0 radical (unpaired) electrons. The lowest BCUT2D eigenvalue weighted by molar-refractivity contribution is -0.195. The minimum absolute atomic E-state index is 0.178. The molecule has 2 aromatic rings. The zero-order valence-corrected chi connectivity index (χ0v) is 18.8. The van der Waals surface area contributed by atoms with E-state index in [1.54, 1.807) is 6.07 Å². The van der Waals surface area contributed by atoms with Crippen LogP contribution in [0.3, 0.4) is 0 Å². The molecule has 2 fully saturated rings. The largest absolute Gasteiger partial charge is 0.483 e. The van der Waals surface area contributed by atoms with E-state index in [0.717, 1.165) is 11.4 Å². The molecule has 0 saturated carbocycles. The summed E-state index contributed by atoms with van der Waals surface area (Å²) in [4.78, 5) is 41.8. The highest BCUT2D eigenvalue weighted by atomic mass is 16.5. The van der Waals surface area contributed by atoms with Crippen LogP contribution in [0.25, 0.3) is 0 Å². The van der Waals surface area contributed by atoms with Crippen molar-refractivity contribution in [1.82, 2.24) is 15.3 Å². The van der Waals surface area contributed by atoms with Gasteiger partial charge in [0.05, 0.1) is 11.1 Å². The minimum Gasteiger partial charge on any atom is -0.483 e. The van der Waals surface area contributed by atoms with Crippen LogP contribution in [0.2, 0.25) is 0 Å². The Morgan fingerprint density at radius 2 is 1.97 bits per heavy atom. The Labute approximate surface area is 191 Å². The maximum absolute atomic E-state index is 12.7. The van der Waals surface area contributed by atoms with E-state index in [2.05, 4.69) is 20.2 Å². The molecule has 2 saturated heterocycles. The first-order valence-electron chi connectivity index (χ1n) is 10.8. The normalized spacial score (nSPS) is 23.8. The van der Waals surface area contributed by atoms with Crippen LogP contribution in [0.15, 0.2) is 41.3 Å². The molecule has 4 heterocycles. The quantitative estimate of drug-likeness (QED) is 0.500. The van der Waals surface area contributed by atoms with Crippen LogP contribution in [0.1, 0.15) is 42.2 Å². The first-order valence-corrected chi connectivity index (χ1v) is 10.8. The van der Waals surface area contributed by atoms with Crippen molar-refractivity contribution in [3.05, 3.63) is 58.1 Å². The average Bonchev–Trinajstić information content (AvgIpc) is 2.79. The second-order valence-corrected chi connectivity index (χ2v) is 8.65. The third-order valence-electron chi connectivity index (χ3n) is 6.35. The number of carbonyl (C=O) groups excluding carboxylic acids is 1. The molecule has 33 heavy (non-hydrogen) atoms. The molecule has 10 nitrogen and oxygen atoms in total. The van der Waals surface area contributed by atoms with Crippen LogP contribution in [-0.4, -0.2) is 69.5 Å². The molecule has 178 valence electrons. The zero-order chi connectivity index (χ0) is 24.1. The fourth-order valence-electron chi connectivity index (χ4n) is 4.48. The van der Waals surface area contributed by atoms with Gasteiger partial charge in [-0.05, 0) is 50.8 Å². The van der Waals surface area contributed by atoms with Gasteiger partial charge in [-0.3, -0.25) is 14.4 Å². The topological polar surface area (TPSA) is 145 Å². The number of H-pyrrole nitrogens is 1. The number of carbonyl (C=O) groups is 2. The molecule has 0 aliphatic carbocycles. The van der Waals surface area contributed by atoms with E-state index in [4.69, 9.17) is 14.6 Å². The lowest BCUT2D eigenvalue weighted by Crippen LogP contribution is -2.69. The highest BCUT2D eigenvalue weighted by Crippen LogP contribution is 2.40. The molecule has 4 rings (SSSR count). The van der Waals surface area contributed by atoms with Gasteiger partial charge in [0, 0.05) is 32.0 Å². The van der Waals surface area contributed by atoms with E-state index in [1.807, 2.05) is 32.2 Å². The highest BCUT2D eigenvalue weighted by Gasteiger charge is 2.54. The molecule has 2 aromatic heterocycles. The smallest absolute Gasteiger partial charge is 0.290 e. The molecule has 1 spiro atoms. The number of ether oxygens (including phenoxy) is 1. The fraction of sp³-hybridized carbons (Fsp3) is 0.478. The van der Waals surface area contributed by atoms with E-state index in [1.165, 1.54) is 12.1 Å². The predicted octanol–water partition coefficient (Wildman–Crippen LogP) is 1.09. The molecule has 4 N–H and O–H groups in total. The molecule has 0 bridgehead atoms. The zero-order valence-electron chi connectivity index (χ0n) is 18.8. The van der Waals surface area contributed by atoms with Crippen molar-refractivity contribution >= 4 is 18.2 Å². The van der Waals surface area contributed by atoms with Gasteiger partial charge in [0.1, 0.15) is 17.6 Å². The minimum atomic E-state index is -0.869. The molecule has 1 amide bonds. The molecular formula is C23H30N4O6. The summed E-state index contributed by atoms with van der Waals surface area (Å²) in [6.07, 6.45) is 2.74. The van der Waals surface area contributed by atoms with E-state index >= 15 is 0 Å². The molecule has 10 heteroatoms. The van der Waals surface area contributed by atoms with E-state index in [9.17, 15) is 14.7 Å². The molecule has 0 aromatic carbocycles. The summed E-state index contributed by atoms with van der Waals surface area (Å²) in [6, 6.07) is 8.49. The Kier molecular flexibility index (Phi) is 7.50. The van der Waals surface area contributed by atoms with E-state index in [0.29, 0.717) is 39.0 Å². The van der Waals surface area contributed by atoms with Gasteiger partial charge in [-0.15, -0.1) is 0 Å².